The third-order valence-electron chi connectivity index (χ3n) is 1.64. The second-order valence-corrected chi connectivity index (χ2v) is 2.69. The summed E-state index contributed by atoms with van der Waals surface area (Å²) >= 11 is 0. The van der Waals surface area contributed by atoms with Crippen molar-refractivity contribution in [3.63, 3.8) is 0 Å². The average molecular weight is 147 g/mol. The molecule has 0 aliphatic rings. The fourth-order valence-electron chi connectivity index (χ4n) is 1.15. The Kier molecular flexibility index (Phi) is 1.22. The van der Waals surface area contributed by atoms with Crippen molar-refractivity contribution >= 4 is 11.1 Å². The van der Waals surface area contributed by atoms with Crippen molar-refractivity contribution in [3.05, 3.63) is 29.7 Å². The fourth-order valence-corrected chi connectivity index (χ4v) is 1.15. The summed E-state index contributed by atoms with van der Waals surface area (Å²) in [5, 5.41) is 0. The predicted molar refractivity (Wildman–Crippen MR) is 43.5 cm³/mol. The quantitative estimate of drug-likeness (QED) is 0.572. The van der Waals surface area contributed by atoms with Gasteiger partial charge in [0, 0.05) is 11.8 Å². The number of pyridine rings is 1. The summed E-state index contributed by atoms with van der Waals surface area (Å²) in [7, 11) is 0. The maximum Gasteiger partial charge on any atom is 0.152 e. The highest BCUT2D eigenvalue weighted by Crippen LogP contribution is 2.16. The molecular formula is C9H9NO. The van der Waals surface area contributed by atoms with E-state index >= 15 is 0 Å². The number of furan rings is 1. The van der Waals surface area contributed by atoms with E-state index in [2.05, 4.69) is 4.98 Å². The van der Waals surface area contributed by atoms with Crippen molar-refractivity contribution in [2.75, 3.05) is 0 Å². The Morgan fingerprint density at radius 3 is 2.91 bits per heavy atom. The van der Waals surface area contributed by atoms with Crippen LogP contribution in [0.5, 0.6) is 0 Å². The summed E-state index contributed by atoms with van der Waals surface area (Å²) in [4.78, 5) is 4.30. The molecule has 2 aromatic rings. The molecule has 2 rings (SSSR count). The number of aromatic nitrogens is 1. The van der Waals surface area contributed by atoms with E-state index in [-0.39, 0.29) is 0 Å². The first kappa shape index (κ1) is 6.40. The number of aryl methyl sites for hydroxylation is 2. The molecule has 0 bridgehead atoms. The monoisotopic (exact) mass is 147 g/mol. The van der Waals surface area contributed by atoms with Crippen molar-refractivity contribution in [1.29, 1.82) is 0 Å². The van der Waals surface area contributed by atoms with E-state index in [4.69, 9.17) is 4.42 Å². The Morgan fingerprint density at radius 1 is 1.27 bits per heavy atom. The molecule has 0 fully saturated rings. The van der Waals surface area contributed by atoms with Gasteiger partial charge in [0.15, 0.2) is 5.58 Å². The first-order chi connectivity index (χ1) is 5.25. The van der Waals surface area contributed by atoms with Gasteiger partial charge < -0.3 is 4.42 Å². The van der Waals surface area contributed by atoms with Gasteiger partial charge in [-0.2, -0.15) is 0 Å². The van der Waals surface area contributed by atoms with Gasteiger partial charge in [-0.1, -0.05) is 0 Å². The Hall–Kier alpha value is -1.31. The van der Waals surface area contributed by atoms with Gasteiger partial charge in [0.1, 0.15) is 11.3 Å². The lowest BCUT2D eigenvalue weighted by Crippen LogP contribution is -1.77. The molecule has 56 valence electrons. The molecule has 0 amide bonds. The van der Waals surface area contributed by atoms with Crippen LogP contribution in [0.15, 0.2) is 22.6 Å². The van der Waals surface area contributed by atoms with E-state index in [0.29, 0.717) is 0 Å². The van der Waals surface area contributed by atoms with Crippen LogP contribution in [0.3, 0.4) is 0 Å². The lowest BCUT2D eigenvalue weighted by molar-refractivity contribution is 0.578. The van der Waals surface area contributed by atoms with Crippen LogP contribution in [0.25, 0.3) is 11.1 Å². The topological polar surface area (TPSA) is 26.0 Å². The molecule has 2 nitrogen and oxygen atoms in total. The Balaban J connectivity index is 2.82. The third kappa shape index (κ3) is 1.00. The van der Waals surface area contributed by atoms with E-state index in [1.54, 1.807) is 0 Å². The number of hydrogen-bond donors (Lipinski definition) is 0. The lowest BCUT2D eigenvalue weighted by Gasteiger charge is -1.88. The fraction of sp³-hybridized carbons (Fsp3) is 0.222. The maximum absolute atomic E-state index is 5.36. The minimum Gasteiger partial charge on any atom is -0.460 e. The van der Waals surface area contributed by atoms with Crippen LogP contribution in [-0.2, 0) is 0 Å². The molecule has 0 aliphatic carbocycles. The summed E-state index contributed by atoms with van der Waals surface area (Å²) in [5.41, 5.74) is 2.84. The number of hydrogen-bond acceptors (Lipinski definition) is 2. The number of nitrogens with zero attached hydrogens (tertiary/aromatic N) is 1. The van der Waals surface area contributed by atoms with Gasteiger partial charge in [-0.05, 0) is 26.0 Å². The van der Waals surface area contributed by atoms with E-state index in [1.165, 1.54) is 0 Å². The molecule has 0 radical (unpaired) electrons. The highest BCUT2D eigenvalue weighted by Gasteiger charge is 1.99. The Morgan fingerprint density at radius 2 is 2.09 bits per heavy atom. The van der Waals surface area contributed by atoms with E-state index in [0.717, 1.165) is 22.6 Å². The standard InChI is InChI=1S/C9H9NO/c1-6-3-4-9-8(10-6)5-7(2)11-9/h3-5H,1-2H3. The van der Waals surface area contributed by atoms with Crippen LogP contribution in [0.1, 0.15) is 11.5 Å². The molecule has 0 unspecified atom stereocenters. The largest absolute Gasteiger partial charge is 0.460 e. The van der Waals surface area contributed by atoms with Gasteiger partial charge in [-0.3, -0.25) is 0 Å². The van der Waals surface area contributed by atoms with Crippen LogP contribution in [0, 0.1) is 13.8 Å². The molecule has 0 saturated carbocycles. The van der Waals surface area contributed by atoms with Crippen LogP contribution in [-0.4, -0.2) is 4.98 Å². The molecule has 0 spiro atoms. The summed E-state index contributed by atoms with van der Waals surface area (Å²) in [6.07, 6.45) is 0. The second-order valence-electron chi connectivity index (χ2n) is 2.69. The SMILES string of the molecule is Cc1ccc2oc(C)cc2n1. The highest BCUT2D eigenvalue weighted by molar-refractivity contribution is 5.73. The van der Waals surface area contributed by atoms with Gasteiger partial charge in [-0.15, -0.1) is 0 Å². The van der Waals surface area contributed by atoms with Crippen LogP contribution in [0.4, 0.5) is 0 Å². The first-order valence-corrected chi connectivity index (χ1v) is 3.59. The molecule has 0 aromatic carbocycles. The number of fused-ring (bicyclic) bond motifs is 1. The minimum absolute atomic E-state index is 0.869. The Labute approximate surface area is 64.9 Å². The molecule has 0 saturated heterocycles. The molecular weight excluding hydrogens is 138 g/mol. The van der Waals surface area contributed by atoms with Crippen molar-refractivity contribution in [1.82, 2.24) is 4.98 Å². The summed E-state index contributed by atoms with van der Waals surface area (Å²) < 4.78 is 5.36. The highest BCUT2D eigenvalue weighted by atomic mass is 16.3. The summed E-state index contributed by atoms with van der Waals surface area (Å²) in [6, 6.07) is 5.85. The molecule has 2 aromatic heterocycles. The third-order valence-corrected chi connectivity index (χ3v) is 1.64. The van der Waals surface area contributed by atoms with Crippen molar-refractivity contribution in [2.45, 2.75) is 13.8 Å². The molecule has 2 heteroatoms. The summed E-state index contributed by atoms with van der Waals surface area (Å²) in [6.45, 7) is 3.90. The zero-order valence-electron chi connectivity index (χ0n) is 6.59. The van der Waals surface area contributed by atoms with Gasteiger partial charge in [0.2, 0.25) is 0 Å². The van der Waals surface area contributed by atoms with Gasteiger partial charge >= 0.3 is 0 Å². The molecule has 11 heavy (non-hydrogen) atoms. The van der Waals surface area contributed by atoms with E-state index in [1.807, 2.05) is 32.0 Å². The Bertz CT molecular complexity index is 389. The zero-order chi connectivity index (χ0) is 7.84. The van der Waals surface area contributed by atoms with E-state index in [9.17, 15) is 0 Å². The second kappa shape index (κ2) is 2.09. The van der Waals surface area contributed by atoms with Crippen LogP contribution in [0.2, 0.25) is 0 Å². The molecule has 0 aliphatic heterocycles. The van der Waals surface area contributed by atoms with Crippen molar-refractivity contribution in [2.24, 2.45) is 0 Å². The zero-order valence-corrected chi connectivity index (χ0v) is 6.59. The van der Waals surface area contributed by atoms with Crippen molar-refractivity contribution in [3.8, 4) is 0 Å². The van der Waals surface area contributed by atoms with Crippen molar-refractivity contribution < 1.29 is 4.42 Å². The summed E-state index contributed by atoms with van der Waals surface area (Å²) in [5.74, 6) is 0.915. The molecule has 0 N–H and O–H groups in total. The normalized spacial score (nSPS) is 10.7. The van der Waals surface area contributed by atoms with Gasteiger partial charge in [0.05, 0.1) is 0 Å². The molecule has 2 heterocycles. The minimum atomic E-state index is 0.869. The lowest BCUT2D eigenvalue weighted by atomic mass is 10.3. The number of rotatable bonds is 0. The molecule has 0 atom stereocenters. The average Bonchev–Trinajstić information content (AvgIpc) is 2.27. The maximum atomic E-state index is 5.36. The van der Waals surface area contributed by atoms with Crippen LogP contribution < -0.4 is 0 Å². The van der Waals surface area contributed by atoms with Gasteiger partial charge in [0.25, 0.3) is 0 Å². The van der Waals surface area contributed by atoms with Gasteiger partial charge in [-0.25, -0.2) is 4.98 Å². The van der Waals surface area contributed by atoms with E-state index < -0.39 is 0 Å². The predicted octanol–water partition coefficient (Wildman–Crippen LogP) is 2.44. The smallest absolute Gasteiger partial charge is 0.152 e. The van der Waals surface area contributed by atoms with Crippen LogP contribution >= 0.6 is 0 Å². The first-order valence-electron chi connectivity index (χ1n) is 3.59.